The third-order valence-electron chi connectivity index (χ3n) is 2.88. The molecule has 0 amide bonds. The number of ether oxygens (including phenoxy) is 1. The number of benzene rings is 1. The van der Waals surface area contributed by atoms with Crippen molar-refractivity contribution in [2.45, 2.75) is 0 Å². The number of aromatic nitrogens is 2. The molecule has 0 atom stereocenters. The molecule has 3 nitrogen and oxygen atoms in total. The number of hydrogen-bond acceptors (Lipinski definition) is 2. The van der Waals surface area contributed by atoms with Gasteiger partial charge in [-0.25, -0.2) is 0 Å². The van der Waals surface area contributed by atoms with Crippen molar-refractivity contribution in [1.82, 2.24) is 9.97 Å². The van der Waals surface area contributed by atoms with E-state index in [2.05, 4.69) is 9.97 Å². The minimum Gasteiger partial charge on any atom is -0.497 e. The fourth-order valence-corrected chi connectivity index (χ4v) is 2.00. The number of pyridine rings is 1. The number of fused-ring (bicyclic) bond motifs is 1. The van der Waals surface area contributed by atoms with E-state index in [0.717, 1.165) is 22.2 Å². The van der Waals surface area contributed by atoms with Gasteiger partial charge in [0.2, 0.25) is 0 Å². The fraction of sp³-hybridized carbons (Fsp3) is 0.0714. The largest absolute Gasteiger partial charge is 0.497 e. The molecule has 0 aliphatic rings. The van der Waals surface area contributed by atoms with Crippen molar-refractivity contribution in [3.05, 3.63) is 48.9 Å². The van der Waals surface area contributed by atoms with E-state index in [1.54, 1.807) is 19.5 Å². The molecule has 1 N–H and O–H groups in total. The Labute approximate surface area is 99.1 Å². The van der Waals surface area contributed by atoms with Crippen molar-refractivity contribution in [1.29, 1.82) is 0 Å². The SMILES string of the molecule is COc1ccc2[nH]cc(-c3ccncc3)c2c1. The van der Waals surface area contributed by atoms with Crippen molar-refractivity contribution in [3.8, 4) is 16.9 Å². The van der Waals surface area contributed by atoms with Crippen molar-refractivity contribution in [3.63, 3.8) is 0 Å². The lowest BCUT2D eigenvalue weighted by molar-refractivity contribution is 0.415. The first-order chi connectivity index (χ1) is 8.38. The molecule has 3 heteroatoms. The Morgan fingerprint density at radius 3 is 2.71 bits per heavy atom. The molecule has 0 aliphatic carbocycles. The second kappa shape index (κ2) is 3.94. The molecule has 0 aliphatic heterocycles. The Balaban J connectivity index is 2.23. The first-order valence-electron chi connectivity index (χ1n) is 5.44. The monoisotopic (exact) mass is 224 g/mol. The van der Waals surface area contributed by atoms with Gasteiger partial charge in [-0.1, -0.05) is 0 Å². The van der Waals surface area contributed by atoms with E-state index < -0.39 is 0 Å². The van der Waals surface area contributed by atoms with Crippen LogP contribution >= 0.6 is 0 Å². The molecular formula is C14H12N2O. The summed E-state index contributed by atoms with van der Waals surface area (Å²) >= 11 is 0. The topological polar surface area (TPSA) is 37.9 Å². The van der Waals surface area contributed by atoms with Gasteiger partial charge in [0.1, 0.15) is 5.75 Å². The number of rotatable bonds is 2. The smallest absolute Gasteiger partial charge is 0.119 e. The summed E-state index contributed by atoms with van der Waals surface area (Å²) in [4.78, 5) is 7.30. The van der Waals surface area contributed by atoms with Gasteiger partial charge in [-0.2, -0.15) is 0 Å². The van der Waals surface area contributed by atoms with E-state index in [1.807, 2.05) is 36.5 Å². The number of aromatic amines is 1. The third kappa shape index (κ3) is 1.65. The van der Waals surface area contributed by atoms with Gasteiger partial charge >= 0.3 is 0 Å². The maximum atomic E-state index is 5.26. The van der Waals surface area contributed by atoms with Crippen molar-refractivity contribution in [2.75, 3.05) is 7.11 Å². The van der Waals surface area contributed by atoms with E-state index in [1.165, 1.54) is 5.56 Å². The lowest BCUT2D eigenvalue weighted by Crippen LogP contribution is -1.82. The van der Waals surface area contributed by atoms with Crippen LogP contribution in [0.3, 0.4) is 0 Å². The molecular weight excluding hydrogens is 212 g/mol. The van der Waals surface area contributed by atoms with Crippen LogP contribution in [0.2, 0.25) is 0 Å². The Kier molecular flexibility index (Phi) is 2.29. The molecule has 0 spiro atoms. The summed E-state index contributed by atoms with van der Waals surface area (Å²) in [6.45, 7) is 0. The lowest BCUT2D eigenvalue weighted by Gasteiger charge is -2.01. The molecule has 0 unspecified atom stereocenters. The van der Waals surface area contributed by atoms with Crippen LogP contribution in [0.1, 0.15) is 0 Å². The Morgan fingerprint density at radius 2 is 1.94 bits per heavy atom. The van der Waals surface area contributed by atoms with Crippen molar-refractivity contribution >= 4 is 10.9 Å². The molecule has 0 radical (unpaired) electrons. The van der Waals surface area contributed by atoms with Gasteiger partial charge in [-0.3, -0.25) is 4.98 Å². The predicted molar refractivity (Wildman–Crippen MR) is 68.1 cm³/mol. The van der Waals surface area contributed by atoms with Gasteiger partial charge in [0.05, 0.1) is 7.11 Å². The predicted octanol–water partition coefficient (Wildman–Crippen LogP) is 3.24. The van der Waals surface area contributed by atoms with Gasteiger partial charge < -0.3 is 9.72 Å². The maximum absolute atomic E-state index is 5.26. The highest BCUT2D eigenvalue weighted by Crippen LogP contribution is 2.30. The van der Waals surface area contributed by atoms with Crippen LogP contribution in [0.15, 0.2) is 48.9 Å². The minimum absolute atomic E-state index is 0.868. The molecule has 17 heavy (non-hydrogen) atoms. The van der Waals surface area contributed by atoms with Crippen molar-refractivity contribution < 1.29 is 4.74 Å². The maximum Gasteiger partial charge on any atom is 0.119 e. The summed E-state index contributed by atoms with van der Waals surface area (Å²) in [5, 5.41) is 1.16. The van der Waals surface area contributed by atoms with E-state index in [-0.39, 0.29) is 0 Å². The highest BCUT2D eigenvalue weighted by Gasteiger charge is 2.06. The lowest BCUT2D eigenvalue weighted by atomic mass is 10.1. The molecule has 3 aromatic rings. The van der Waals surface area contributed by atoms with Gasteiger partial charge in [0.25, 0.3) is 0 Å². The number of nitrogens with one attached hydrogen (secondary N) is 1. The summed E-state index contributed by atoms with van der Waals surface area (Å²) in [5.74, 6) is 0.868. The average Bonchev–Trinajstić information content (AvgIpc) is 2.82. The zero-order valence-corrected chi connectivity index (χ0v) is 9.47. The first-order valence-corrected chi connectivity index (χ1v) is 5.44. The van der Waals surface area contributed by atoms with Gasteiger partial charge in [-0.15, -0.1) is 0 Å². The summed E-state index contributed by atoms with van der Waals surface area (Å²) in [6.07, 6.45) is 5.61. The van der Waals surface area contributed by atoms with E-state index in [4.69, 9.17) is 4.74 Å². The van der Waals surface area contributed by atoms with E-state index in [9.17, 15) is 0 Å². The summed E-state index contributed by atoms with van der Waals surface area (Å²) in [5.41, 5.74) is 3.43. The number of methoxy groups -OCH3 is 1. The zero-order valence-electron chi connectivity index (χ0n) is 9.47. The van der Waals surface area contributed by atoms with Crippen molar-refractivity contribution in [2.24, 2.45) is 0 Å². The quantitative estimate of drug-likeness (QED) is 0.725. The van der Waals surface area contributed by atoms with Crippen LogP contribution < -0.4 is 4.74 Å². The highest BCUT2D eigenvalue weighted by atomic mass is 16.5. The molecule has 0 bridgehead atoms. The summed E-state index contributed by atoms with van der Waals surface area (Å²) < 4.78 is 5.26. The third-order valence-corrected chi connectivity index (χ3v) is 2.88. The van der Waals surface area contributed by atoms with E-state index >= 15 is 0 Å². The van der Waals surface area contributed by atoms with Gasteiger partial charge in [0, 0.05) is 35.1 Å². The van der Waals surface area contributed by atoms with Crippen LogP contribution in [-0.2, 0) is 0 Å². The number of H-pyrrole nitrogens is 1. The summed E-state index contributed by atoms with van der Waals surface area (Å²) in [7, 11) is 1.68. The minimum atomic E-state index is 0.868. The summed E-state index contributed by atoms with van der Waals surface area (Å²) in [6, 6.07) is 10.0. The van der Waals surface area contributed by atoms with Crippen LogP contribution in [-0.4, -0.2) is 17.1 Å². The normalized spacial score (nSPS) is 10.6. The second-order valence-corrected chi connectivity index (χ2v) is 3.85. The van der Waals surface area contributed by atoms with Crippen LogP contribution in [0.5, 0.6) is 5.75 Å². The Morgan fingerprint density at radius 1 is 1.12 bits per heavy atom. The molecule has 0 saturated carbocycles. The van der Waals surface area contributed by atoms with Gasteiger partial charge in [-0.05, 0) is 35.9 Å². The Bertz CT molecular complexity index is 644. The van der Waals surface area contributed by atoms with Gasteiger partial charge in [0.15, 0.2) is 0 Å². The molecule has 3 rings (SSSR count). The average molecular weight is 224 g/mol. The highest BCUT2D eigenvalue weighted by molar-refractivity contribution is 5.96. The molecule has 0 saturated heterocycles. The van der Waals surface area contributed by atoms with Crippen LogP contribution in [0.25, 0.3) is 22.0 Å². The molecule has 0 fully saturated rings. The molecule has 2 aromatic heterocycles. The first kappa shape index (κ1) is 9.90. The molecule has 2 heterocycles. The van der Waals surface area contributed by atoms with Crippen LogP contribution in [0, 0.1) is 0 Å². The molecule has 84 valence electrons. The molecule has 1 aromatic carbocycles. The fourth-order valence-electron chi connectivity index (χ4n) is 2.00. The number of hydrogen-bond donors (Lipinski definition) is 1. The number of nitrogens with zero attached hydrogens (tertiary/aromatic N) is 1. The Hall–Kier alpha value is -2.29. The standard InChI is InChI=1S/C14H12N2O/c1-17-11-2-3-14-12(8-11)13(9-16-14)10-4-6-15-7-5-10/h2-9,16H,1H3. The second-order valence-electron chi connectivity index (χ2n) is 3.85. The van der Waals surface area contributed by atoms with E-state index in [0.29, 0.717) is 0 Å². The van der Waals surface area contributed by atoms with Crippen LogP contribution in [0.4, 0.5) is 0 Å². The zero-order chi connectivity index (χ0) is 11.7.